The zero-order chi connectivity index (χ0) is 13.1. The second-order valence-electron chi connectivity index (χ2n) is 3.21. The lowest BCUT2D eigenvalue weighted by molar-refractivity contribution is 0.318. The maximum Gasteiger partial charge on any atom is 0.301 e. The Labute approximate surface area is 99.7 Å². The highest BCUT2D eigenvalue weighted by molar-refractivity contribution is 7.90. The van der Waals surface area contributed by atoms with Gasteiger partial charge >= 0.3 is 10.2 Å². The largest absolute Gasteiger partial charge is 0.409 e. The highest BCUT2D eigenvalue weighted by Gasteiger charge is 2.15. The molecule has 1 rings (SSSR count). The summed E-state index contributed by atoms with van der Waals surface area (Å²) in [6.45, 7) is 0. The molecule has 0 saturated heterocycles. The molecule has 0 unspecified atom stereocenters. The van der Waals surface area contributed by atoms with Crippen LogP contribution in [0.25, 0.3) is 0 Å². The molecule has 0 aromatic heterocycles. The highest BCUT2D eigenvalue weighted by Crippen LogP contribution is 2.15. The fourth-order valence-electron chi connectivity index (χ4n) is 1.18. The number of nitrogens with zero attached hydrogens (tertiary/aromatic N) is 2. The second-order valence-corrected chi connectivity index (χ2v) is 5.11. The number of rotatable bonds is 4. The maximum atomic E-state index is 11.5. The molecule has 0 spiro atoms. The van der Waals surface area contributed by atoms with Gasteiger partial charge in [-0.25, -0.2) is 4.72 Å². The van der Waals surface area contributed by atoms with Crippen molar-refractivity contribution >= 4 is 21.7 Å². The lowest BCUT2D eigenvalue weighted by atomic mass is 10.2. The van der Waals surface area contributed by atoms with E-state index in [0.29, 0.717) is 11.3 Å². The smallest absolute Gasteiger partial charge is 0.301 e. The van der Waals surface area contributed by atoms with Crippen LogP contribution in [-0.2, 0) is 10.2 Å². The van der Waals surface area contributed by atoms with Crippen molar-refractivity contribution in [3.8, 4) is 0 Å². The number of nitrogens with two attached hydrogens (primary N) is 1. The van der Waals surface area contributed by atoms with E-state index in [1.165, 1.54) is 14.1 Å². The summed E-state index contributed by atoms with van der Waals surface area (Å²) in [6.07, 6.45) is 0. The van der Waals surface area contributed by atoms with Crippen LogP contribution >= 0.6 is 0 Å². The summed E-state index contributed by atoms with van der Waals surface area (Å²) in [5, 5.41) is 11.3. The SMILES string of the molecule is CNS(=O)(=O)N(C)c1ccc(/C(N)=N/O)cc1. The molecule has 8 heteroatoms. The van der Waals surface area contributed by atoms with Gasteiger partial charge in [0.2, 0.25) is 0 Å². The van der Waals surface area contributed by atoms with Gasteiger partial charge in [0, 0.05) is 19.7 Å². The van der Waals surface area contributed by atoms with Gasteiger partial charge in [-0.15, -0.1) is 0 Å². The van der Waals surface area contributed by atoms with Gasteiger partial charge in [0.1, 0.15) is 0 Å². The Kier molecular flexibility index (Phi) is 3.92. The number of nitrogens with one attached hydrogen (secondary N) is 1. The van der Waals surface area contributed by atoms with Crippen LogP contribution in [-0.4, -0.2) is 33.6 Å². The minimum Gasteiger partial charge on any atom is -0.409 e. The number of hydrogen-bond donors (Lipinski definition) is 3. The van der Waals surface area contributed by atoms with Crippen LogP contribution in [0.3, 0.4) is 0 Å². The molecular weight excluding hydrogens is 244 g/mol. The maximum absolute atomic E-state index is 11.5. The fraction of sp³-hybridized carbons (Fsp3) is 0.222. The molecule has 94 valence electrons. The van der Waals surface area contributed by atoms with Crippen LogP contribution in [0.15, 0.2) is 29.4 Å². The van der Waals surface area contributed by atoms with Crippen molar-refractivity contribution in [3.63, 3.8) is 0 Å². The molecule has 0 aliphatic rings. The zero-order valence-corrected chi connectivity index (χ0v) is 10.3. The van der Waals surface area contributed by atoms with E-state index in [1.807, 2.05) is 0 Å². The fourth-order valence-corrected chi connectivity index (χ4v) is 1.85. The lowest BCUT2D eigenvalue weighted by Crippen LogP contribution is -2.35. The van der Waals surface area contributed by atoms with Crippen molar-refractivity contribution in [2.75, 3.05) is 18.4 Å². The molecule has 4 N–H and O–H groups in total. The summed E-state index contributed by atoms with van der Waals surface area (Å²) < 4.78 is 26.3. The van der Waals surface area contributed by atoms with Gasteiger partial charge in [0.15, 0.2) is 5.84 Å². The van der Waals surface area contributed by atoms with Crippen molar-refractivity contribution < 1.29 is 13.6 Å². The van der Waals surface area contributed by atoms with E-state index in [1.54, 1.807) is 24.3 Å². The molecular formula is C9H14N4O3S. The van der Waals surface area contributed by atoms with Gasteiger partial charge in [-0.05, 0) is 24.3 Å². The van der Waals surface area contributed by atoms with E-state index in [9.17, 15) is 8.42 Å². The zero-order valence-electron chi connectivity index (χ0n) is 9.45. The minimum absolute atomic E-state index is 0.0318. The molecule has 7 nitrogen and oxygen atoms in total. The first-order chi connectivity index (χ1) is 7.92. The Bertz CT molecular complexity index is 510. The van der Waals surface area contributed by atoms with E-state index in [2.05, 4.69) is 9.88 Å². The average molecular weight is 258 g/mol. The van der Waals surface area contributed by atoms with Crippen molar-refractivity contribution in [2.45, 2.75) is 0 Å². The monoisotopic (exact) mass is 258 g/mol. The van der Waals surface area contributed by atoms with Crippen LogP contribution in [0.1, 0.15) is 5.56 Å². The van der Waals surface area contributed by atoms with E-state index in [4.69, 9.17) is 10.9 Å². The number of oxime groups is 1. The third-order valence-electron chi connectivity index (χ3n) is 2.25. The van der Waals surface area contributed by atoms with Crippen molar-refractivity contribution in [2.24, 2.45) is 10.9 Å². The average Bonchev–Trinajstić information content (AvgIpc) is 2.37. The Morgan fingerprint density at radius 3 is 2.35 bits per heavy atom. The topological polar surface area (TPSA) is 108 Å². The quantitative estimate of drug-likeness (QED) is 0.298. The summed E-state index contributed by atoms with van der Waals surface area (Å²) in [6, 6.07) is 6.24. The van der Waals surface area contributed by atoms with Gasteiger partial charge in [0.25, 0.3) is 0 Å². The summed E-state index contributed by atoms with van der Waals surface area (Å²) in [5.74, 6) is -0.0318. The first-order valence-corrected chi connectivity index (χ1v) is 6.11. The molecule has 0 atom stereocenters. The predicted octanol–water partition coefficient (Wildman–Crippen LogP) is -0.318. The third kappa shape index (κ3) is 2.86. The Morgan fingerprint density at radius 2 is 1.94 bits per heavy atom. The van der Waals surface area contributed by atoms with Gasteiger partial charge < -0.3 is 10.9 Å². The molecule has 0 aliphatic carbocycles. The molecule has 0 radical (unpaired) electrons. The Balaban J connectivity index is 3.04. The van der Waals surface area contributed by atoms with Gasteiger partial charge in [-0.2, -0.15) is 8.42 Å². The lowest BCUT2D eigenvalue weighted by Gasteiger charge is -2.18. The van der Waals surface area contributed by atoms with E-state index in [-0.39, 0.29) is 5.84 Å². The summed E-state index contributed by atoms with van der Waals surface area (Å²) in [5.41, 5.74) is 6.36. The molecule has 0 amide bonds. The molecule has 1 aromatic rings. The number of hydrogen-bond acceptors (Lipinski definition) is 4. The molecule has 0 fully saturated rings. The van der Waals surface area contributed by atoms with Crippen LogP contribution in [0, 0.1) is 0 Å². The summed E-state index contributed by atoms with van der Waals surface area (Å²) in [4.78, 5) is 0. The molecule has 1 aromatic carbocycles. The first-order valence-electron chi connectivity index (χ1n) is 4.67. The Hall–Kier alpha value is -1.80. The van der Waals surface area contributed by atoms with Crippen molar-refractivity contribution in [1.29, 1.82) is 0 Å². The normalized spacial score (nSPS) is 12.5. The molecule has 0 saturated carbocycles. The van der Waals surface area contributed by atoms with E-state index in [0.717, 1.165) is 4.31 Å². The Morgan fingerprint density at radius 1 is 1.41 bits per heavy atom. The van der Waals surface area contributed by atoms with E-state index >= 15 is 0 Å². The molecule has 17 heavy (non-hydrogen) atoms. The predicted molar refractivity (Wildman–Crippen MR) is 65.3 cm³/mol. The third-order valence-corrected chi connectivity index (χ3v) is 3.70. The van der Waals surface area contributed by atoms with Crippen LogP contribution < -0.4 is 14.8 Å². The number of benzene rings is 1. The van der Waals surface area contributed by atoms with Gasteiger partial charge in [-0.3, -0.25) is 4.31 Å². The minimum atomic E-state index is -3.52. The summed E-state index contributed by atoms with van der Waals surface area (Å²) >= 11 is 0. The molecule has 0 aliphatic heterocycles. The number of anilines is 1. The molecule has 0 heterocycles. The highest BCUT2D eigenvalue weighted by atomic mass is 32.2. The van der Waals surface area contributed by atoms with Crippen LogP contribution in [0.5, 0.6) is 0 Å². The van der Waals surface area contributed by atoms with Crippen molar-refractivity contribution in [1.82, 2.24) is 4.72 Å². The first kappa shape index (κ1) is 13.3. The second kappa shape index (κ2) is 5.02. The van der Waals surface area contributed by atoms with E-state index < -0.39 is 10.2 Å². The van der Waals surface area contributed by atoms with Gasteiger partial charge in [-0.1, -0.05) is 5.16 Å². The number of amidine groups is 1. The van der Waals surface area contributed by atoms with Gasteiger partial charge in [0.05, 0.1) is 5.69 Å². The van der Waals surface area contributed by atoms with Crippen LogP contribution in [0.4, 0.5) is 5.69 Å². The molecule has 0 bridgehead atoms. The van der Waals surface area contributed by atoms with Crippen molar-refractivity contribution in [3.05, 3.63) is 29.8 Å². The van der Waals surface area contributed by atoms with Crippen LogP contribution in [0.2, 0.25) is 0 Å². The summed E-state index contributed by atoms with van der Waals surface area (Å²) in [7, 11) is -0.767. The standard InChI is InChI=1S/C9H14N4O3S/c1-11-17(15,16)13(2)8-5-3-7(4-6-8)9(10)12-14/h3-6,11,14H,1-2H3,(H2,10,12).